The number of rotatable bonds is 1. The van der Waals surface area contributed by atoms with Crippen molar-refractivity contribution in [3.63, 3.8) is 0 Å². The molecule has 0 bridgehead atoms. The molecular formula is C13H16ClFN2O. The molecule has 1 aliphatic rings. The summed E-state index contributed by atoms with van der Waals surface area (Å²) in [5.41, 5.74) is 1.25. The number of furan rings is 1. The number of hydrogen-bond acceptors (Lipinski definition) is 3. The van der Waals surface area contributed by atoms with Crippen molar-refractivity contribution in [1.29, 1.82) is 0 Å². The topological polar surface area (TPSA) is 28.4 Å². The predicted molar refractivity (Wildman–Crippen MR) is 73.1 cm³/mol. The predicted octanol–water partition coefficient (Wildman–Crippen LogP) is 2.79. The van der Waals surface area contributed by atoms with Crippen molar-refractivity contribution in [3.8, 4) is 0 Å². The maximum absolute atomic E-state index is 14.0. The molecule has 3 nitrogen and oxygen atoms in total. The quantitative estimate of drug-likeness (QED) is 0.864. The van der Waals surface area contributed by atoms with E-state index in [0.717, 1.165) is 25.0 Å². The van der Waals surface area contributed by atoms with Gasteiger partial charge in [-0.2, -0.15) is 0 Å². The number of nitrogens with zero attached hydrogens (tertiary/aromatic N) is 1. The van der Waals surface area contributed by atoms with Gasteiger partial charge in [-0.25, -0.2) is 4.39 Å². The summed E-state index contributed by atoms with van der Waals surface area (Å²) in [6.07, 6.45) is 1.61. The molecule has 2 aromatic rings. The van der Waals surface area contributed by atoms with E-state index in [0.29, 0.717) is 11.3 Å². The van der Waals surface area contributed by atoms with Crippen molar-refractivity contribution in [2.45, 2.75) is 13.0 Å². The van der Waals surface area contributed by atoms with E-state index in [-0.39, 0.29) is 24.3 Å². The molecule has 1 aromatic carbocycles. The van der Waals surface area contributed by atoms with Crippen LogP contribution in [0.25, 0.3) is 11.0 Å². The molecule has 1 fully saturated rings. The molecule has 0 amide bonds. The number of hydrogen-bond donors (Lipinski definition) is 1. The fourth-order valence-electron chi connectivity index (χ4n) is 2.43. The Hall–Kier alpha value is -1.26. The van der Waals surface area contributed by atoms with Crippen molar-refractivity contribution >= 4 is 29.1 Å². The van der Waals surface area contributed by atoms with Gasteiger partial charge >= 0.3 is 0 Å². The second kappa shape index (κ2) is 5.16. The Labute approximate surface area is 111 Å². The van der Waals surface area contributed by atoms with E-state index in [9.17, 15) is 4.39 Å². The summed E-state index contributed by atoms with van der Waals surface area (Å²) < 4.78 is 19.5. The zero-order chi connectivity index (χ0) is 11.8. The molecule has 1 aromatic heterocycles. The lowest BCUT2D eigenvalue weighted by Gasteiger charge is -2.35. The molecule has 98 valence electrons. The summed E-state index contributed by atoms with van der Waals surface area (Å²) in [6, 6.07) is 5.41. The Balaban J connectivity index is 0.00000120. The summed E-state index contributed by atoms with van der Waals surface area (Å²) in [4.78, 5) is 2.08. The third kappa shape index (κ3) is 2.06. The van der Waals surface area contributed by atoms with Crippen LogP contribution in [-0.4, -0.2) is 25.7 Å². The molecule has 0 saturated carbocycles. The highest BCUT2D eigenvalue weighted by molar-refractivity contribution is 5.90. The van der Waals surface area contributed by atoms with E-state index < -0.39 is 0 Å². The van der Waals surface area contributed by atoms with E-state index in [1.54, 1.807) is 12.3 Å². The minimum Gasteiger partial charge on any atom is -0.462 e. The van der Waals surface area contributed by atoms with Crippen molar-refractivity contribution in [2.75, 3.05) is 24.5 Å². The van der Waals surface area contributed by atoms with Crippen LogP contribution in [0.5, 0.6) is 0 Å². The molecule has 1 saturated heterocycles. The molecule has 0 aliphatic carbocycles. The molecule has 3 rings (SSSR count). The van der Waals surface area contributed by atoms with Gasteiger partial charge in [0.25, 0.3) is 0 Å². The minimum absolute atomic E-state index is 0. The number of piperazine rings is 1. The highest BCUT2D eigenvalue weighted by atomic mass is 35.5. The van der Waals surface area contributed by atoms with Crippen LogP contribution in [0.2, 0.25) is 0 Å². The van der Waals surface area contributed by atoms with Gasteiger partial charge < -0.3 is 14.6 Å². The molecule has 1 N–H and O–H groups in total. The summed E-state index contributed by atoms with van der Waals surface area (Å²) in [5, 5.41) is 4.25. The monoisotopic (exact) mass is 270 g/mol. The van der Waals surface area contributed by atoms with Crippen molar-refractivity contribution < 1.29 is 8.81 Å². The van der Waals surface area contributed by atoms with Crippen LogP contribution in [0.1, 0.15) is 6.92 Å². The average molecular weight is 271 g/mol. The van der Waals surface area contributed by atoms with Crippen LogP contribution >= 0.6 is 12.4 Å². The Morgan fingerprint density at radius 2 is 2.22 bits per heavy atom. The number of benzene rings is 1. The molecule has 18 heavy (non-hydrogen) atoms. The summed E-state index contributed by atoms with van der Waals surface area (Å²) in [6.45, 7) is 4.64. The zero-order valence-corrected chi connectivity index (χ0v) is 11.0. The van der Waals surface area contributed by atoms with Crippen molar-refractivity contribution in [3.05, 3.63) is 30.3 Å². The van der Waals surface area contributed by atoms with Gasteiger partial charge in [0.2, 0.25) is 0 Å². The van der Waals surface area contributed by atoms with Gasteiger partial charge in [-0.05, 0) is 25.1 Å². The summed E-state index contributed by atoms with van der Waals surface area (Å²) >= 11 is 0. The first-order chi connectivity index (χ1) is 8.27. The average Bonchev–Trinajstić information content (AvgIpc) is 2.79. The molecule has 0 unspecified atom stereocenters. The molecule has 5 heteroatoms. The first kappa shape index (κ1) is 13.2. The lowest BCUT2D eigenvalue weighted by atomic mass is 10.1. The van der Waals surface area contributed by atoms with Gasteiger partial charge in [0.15, 0.2) is 5.58 Å². The number of nitrogens with one attached hydrogen (secondary N) is 1. The highest BCUT2D eigenvalue weighted by Gasteiger charge is 2.24. The van der Waals surface area contributed by atoms with Crippen LogP contribution in [0.3, 0.4) is 0 Å². The molecule has 0 spiro atoms. The third-order valence-corrected chi connectivity index (χ3v) is 3.33. The number of anilines is 1. The lowest BCUT2D eigenvalue weighted by Crippen LogP contribution is -2.50. The molecule has 0 radical (unpaired) electrons. The van der Waals surface area contributed by atoms with Crippen LogP contribution in [-0.2, 0) is 0 Å². The van der Waals surface area contributed by atoms with Crippen LogP contribution in [0.15, 0.2) is 28.9 Å². The van der Waals surface area contributed by atoms with E-state index >= 15 is 0 Å². The van der Waals surface area contributed by atoms with Gasteiger partial charge in [0, 0.05) is 31.1 Å². The first-order valence-corrected chi connectivity index (χ1v) is 5.90. The first-order valence-electron chi connectivity index (χ1n) is 5.90. The maximum Gasteiger partial charge on any atom is 0.160 e. The van der Waals surface area contributed by atoms with E-state index in [1.165, 1.54) is 6.07 Å². The van der Waals surface area contributed by atoms with Gasteiger partial charge in [0.05, 0.1) is 6.26 Å². The molecule has 1 aliphatic heterocycles. The number of halogens is 2. The van der Waals surface area contributed by atoms with Crippen molar-refractivity contribution in [1.82, 2.24) is 5.32 Å². The fourth-order valence-corrected chi connectivity index (χ4v) is 2.43. The lowest BCUT2D eigenvalue weighted by molar-refractivity contribution is 0.488. The smallest absolute Gasteiger partial charge is 0.160 e. The van der Waals surface area contributed by atoms with E-state index in [2.05, 4.69) is 17.1 Å². The Bertz CT molecular complexity index is 543. The second-order valence-corrected chi connectivity index (χ2v) is 4.48. The summed E-state index contributed by atoms with van der Waals surface area (Å²) in [5.74, 6) is -0.207. The van der Waals surface area contributed by atoms with Crippen LogP contribution in [0.4, 0.5) is 10.1 Å². The van der Waals surface area contributed by atoms with E-state index in [4.69, 9.17) is 4.42 Å². The Morgan fingerprint density at radius 3 is 3.00 bits per heavy atom. The molecule has 1 atom stereocenters. The van der Waals surface area contributed by atoms with Crippen molar-refractivity contribution in [2.24, 2.45) is 0 Å². The van der Waals surface area contributed by atoms with Crippen LogP contribution < -0.4 is 10.2 Å². The van der Waals surface area contributed by atoms with Gasteiger partial charge in [0.1, 0.15) is 11.5 Å². The van der Waals surface area contributed by atoms with Crippen LogP contribution in [0, 0.1) is 5.82 Å². The SMILES string of the molecule is C[C@H]1CNCCN1c1c(F)ccc2ccoc12.Cl. The Kier molecular flexibility index (Phi) is 3.78. The zero-order valence-electron chi connectivity index (χ0n) is 10.1. The number of fused-ring (bicyclic) bond motifs is 1. The fraction of sp³-hybridized carbons (Fsp3) is 0.385. The highest BCUT2D eigenvalue weighted by Crippen LogP contribution is 2.32. The summed E-state index contributed by atoms with van der Waals surface area (Å²) in [7, 11) is 0. The molecule has 2 heterocycles. The molecular weight excluding hydrogens is 255 g/mol. The second-order valence-electron chi connectivity index (χ2n) is 4.48. The standard InChI is InChI=1S/C13H15FN2O.ClH/c1-9-8-15-5-6-16(9)12-11(14)3-2-10-4-7-17-13(10)12;/h2-4,7,9,15H,5-6,8H2,1H3;1H/t9-;/m0./s1. The van der Waals surface area contributed by atoms with Gasteiger partial charge in [-0.1, -0.05) is 0 Å². The van der Waals surface area contributed by atoms with Gasteiger partial charge in [-0.3, -0.25) is 0 Å². The van der Waals surface area contributed by atoms with E-state index in [1.807, 2.05) is 6.07 Å². The largest absolute Gasteiger partial charge is 0.462 e. The third-order valence-electron chi connectivity index (χ3n) is 3.33. The maximum atomic E-state index is 14.0. The Morgan fingerprint density at radius 1 is 1.39 bits per heavy atom. The minimum atomic E-state index is -0.207. The van der Waals surface area contributed by atoms with Gasteiger partial charge in [-0.15, -0.1) is 12.4 Å². The normalized spacial score (nSPS) is 19.9.